The van der Waals surface area contributed by atoms with Crippen molar-refractivity contribution in [2.45, 2.75) is 111 Å². The van der Waals surface area contributed by atoms with Crippen molar-refractivity contribution in [3.63, 3.8) is 0 Å². The van der Waals surface area contributed by atoms with Crippen molar-refractivity contribution in [1.29, 1.82) is 0 Å². The molecule has 0 aliphatic heterocycles. The minimum absolute atomic E-state index is 0.227. The van der Waals surface area contributed by atoms with Gasteiger partial charge in [-0.2, -0.15) is 0 Å². The van der Waals surface area contributed by atoms with Gasteiger partial charge in [-0.1, -0.05) is 40.8 Å². The van der Waals surface area contributed by atoms with Crippen LogP contribution in [-0.4, -0.2) is 38.8 Å². The molecule has 0 bridgehead atoms. The minimum Gasteiger partial charge on any atom is -0.332 e. The monoisotopic (exact) mass is 406 g/mol. The number of fused-ring (bicyclic) bond motifs is 2. The minimum atomic E-state index is -1.52. The van der Waals surface area contributed by atoms with Crippen LogP contribution in [0, 0.1) is 34.5 Å². The van der Waals surface area contributed by atoms with Crippen molar-refractivity contribution in [3.05, 3.63) is 0 Å². The molecular formula is C25H50N2Si. The number of nitrogens with zero attached hydrogens (tertiary/aromatic N) is 1. The van der Waals surface area contributed by atoms with Crippen molar-refractivity contribution >= 4 is 8.24 Å². The Morgan fingerprint density at radius 1 is 0.821 bits per heavy atom. The third kappa shape index (κ3) is 4.14. The van der Waals surface area contributed by atoms with Crippen LogP contribution in [0.15, 0.2) is 0 Å². The molecule has 0 spiro atoms. The van der Waals surface area contributed by atoms with E-state index in [4.69, 9.17) is 0 Å². The summed E-state index contributed by atoms with van der Waals surface area (Å²) < 4.78 is 0. The number of rotatable bonds is 3. The fourth-order valence-electron chi connectivity index (χ4n) is 8.00. The van der Waals surface area contributed by atoms with E-state index in [9.17, 15) is 0 Å². The first-order chi connectivity index (χ1) is 12.6. The Morgan fingerprint density at radius 2 is 1.29 bits per heavy atom. The Balaban J connectivity index is 1.94. The fourth-order valence-corrected chi connectivity index (χ4v) is 12.4. The molecule has 3 saturated carbocycles. The highest BCUT2D eigenvalue weighted by molar-refractivity contribution is 6.76. The summed E-state index contributed by atoms with van der Waals surface area (Å²) in [5.74, 6) is 3.67. The van der Waals surface area contributed by atoms with Crippen LogP contribution >= 0.6 is 0 Å². The van der Waals surface area contributed by atoms with Gasteiger partial charge < -0.3 is 9.88 Å². The molecule has 0 aromatic carbocycles. The van der Waals surface area contributed by atoms with Crippen molar-refractivity contribution in [1.82, 2.24) is 9.88 Å². The zero-order valence-electron chi connectivity index (χ0n) is 20.9. The first-order valence-corrected chi connectivity index (χ1v) is 15.1. The van der Waals surface area contributed by atoms with E-state index in [1.165, 1.54) is 32.1 Å². The summed E-state index contributed by atoms with van der Waals surface area (Å²) in [6, 6.07) is 0.783. The summed E-state index contributed by atoms with van der Waals surface area (Å²) in [6.07, 6.45) is 7.22. The summed E-state index contributed by atoms with van der Waals surface area (Å²) in [7, 11) is 3.17. The van der Waals surface area contributed by atoms with E-state index < -0.39 is 8.24 Å². The summed E-state index contributed by atoms with van der Waals surface area (Å²) in [4.78, 5) is 6.74. The maximum absolute atomic E-state index is 4.16. The highest BCUT2D eigenvalue weighted by Gasteiger charge is 2.59. The predicted octanol–water partition coefficient (Wildman–Crippen LogP) is 6.39. The lowest BCUT2D eigenvalue weighted by Gasteiger charge is -2.58. The van der Waals surface area contributed by atoms with E-state index in [-0.39, 0.29) is 5.54 Å². The maximum Gasteiger partial charge on any atom is 0.123 e. The summed E-state index contributed by atoms with van der Waals surface area (Å²) in [6.45, 7) is 22.7. The van der Waals surface area contributed by atoms with E-state index in [0.717, 1.165) is 35.3 Å². The van der Waals surface area contributed by atoms with Gasteiger partial charge in [0.25, 0.3) is 0 Å². The lowest BCUT2D eigenvalue weighted by atomic mass is 9.48. The molecule has 0 radical (unpaired) electrons. The molecule has 0 aromatic heterocycles. The predicted molar refractivity (Wildman–Crippen MR) is 126 cm³/mol. The molecule has 0 aromatic rings. The molecule has 5 unspecified atom stereocenters. The first kappa shape index (κ1) is 22.8. The maximum atomic E-state index is 4.16. The van der Waals surface area contributed by atoms with Crippen LogP contribution in [0.3, 0.4) is 0 Å². The van der Waals surface area contributed by atoms with Gasteiger partial charge in [0.2, 0.25) is 0 Å². The van der Waals surface area contributed by atoms with E-state index >= 15 is 0 Å². The van der Waals surface area contributed by atoms with Gasteiger partial charge >= 0.3 is 0 Å². The molecule has 0 saturated heterocycles. The van der Waals surface area contributed by atoms with Crippen molar-refractivity contribution in [2.75, 3.05) is 14.1 Å². The Bertz CT molecular complexity index is 572. The van der Waals surface area contributed by atoms with Crippen LogP contribution in [0.25, 0.3) is 0 Å². The second kappa shape index (κ2) is 7.09. The molecule has 0 amide bonds. The van der Waals surface area contributed by atoms with E-state index in [2.05, 4.69) is 85.5 Å². The van der Waals surface area contributed by atoms with Gasteiger partial charge in [-0.3, -0.25) is 0 Å². The highest BCUT2D eigenvalue weighted by Crippen LogP contribution is 2.65. The van der Waals surface area contributed by atoms with Gasteiger partial charge in [-0.25, -0.2) is 0 Å². The average Bonchev–Trinajstić information content (AvgIpc) is 2.88. The number of nitrogens with one attached hydrogen (secondary N) is 1. The molecular weight excluding hydrogens is 356 g/mol. The van der Waals surface area contributed by atoms with Crippen molar-refractivity contribution < 1.29 is 0 Å². The Labute approximate surface area is 177 Å². The standard InChI is InChI=1S/C25H50N2Si/c1-23(2,3)26-28(10,11)22-16-21(27(8)9)17-14-19-20(15-18(17)22)25(6,7)13-12-24(19,4)5/h17-22,26H,12-16H2,1-11H3/t17?,18?,19?,20-,21?,22?/m1/s1. The smallest absolute Gasteiger partial charge is 0.123 e. The van der Waals surface area contributed by atoms with Crippen LogP contribution in [-0.2, 0) is 0 Å². The van der Waals surface area contributed by atoms with E-state index in [1.807, 2.05) is 0 Å². The largest absolute Gasteiger partial charge is 0.332 e. The normalized spacial score (nSPS) is 40.3. The zero-order valence-corrected chi connectivity index (χ0v) is 21.9. The molecule has 3 heteroatoms. The topological polar surface area (TPSA) is 15.3 Å². The molecule has 1 N–H and O–H groups in total. The number of hydrogen-bond donors (Lipinski definition) is 1. The third-order valence-corrected chi connectivity index (χ3v) is 13.2. The molecule has 3 fully saturated rings. The lowest BCUT2D eigenvalue weighted by molar-refractivity contribution is -0.0787. The van der Waals surface area contributed by atoms with Gasteiger partial charge in [0.1, 0.15) is 8.24 Å². The molecule has 3 rings (SSSR count). The molecule has 3 aliphatic rings. The highest BCUT2D eigenvalue weighted by atomic mass is 28.3. The Morgan fingerprint density at radius 3 is 1.71 bits per heavy atom. The summed E-state index contributed by atoms with van der Waals surface area (Å²) in [5, 5.41) is 0. The van der Waals surface area contributed by atoms with Gasteiger partial charge in [0.15, 0.2) is 0 Å². The van der Waals surface area contributed by atoms with Crippen LogP contribution in [0.4, 0.5) is 0 Å². The third-order valence-electron chi connectivity index (χ3n) is 9.30. The molecule has 28 heavy (non-hydrogen) atoms. The van der Waals surface area contributed by atoms with Gasteiger partial charge in [0.05, 0.1) is 0 Å². The summed E-state index contributed by atoms with van der Waals surface area (Å²) in [5.41, 5.74) is 2.18. The second-order valence-electron chi connectivity index (χ2n) is 14.0. The number of hydrogen-bond acceptors (Lipinski definition) is 2. The van der Waals surface area contributed by atoms with Crippen LogP contribution in [0.5, 0.6) is 0 Å². The van der Waals surface area contributed by atoms with E-state index in [0.29, 0.717) is 10.8 Å². The molecule has 3 aliphatic carbocycles. The first-order valence-electron chi connectivity index (χ1n) is 12.0. The average molecular weight is 407 g/mol. The van der Waals surface area contributed by atoms with Crippen LogP contribution in [0.2, 0.25) is 18.6 Å². The second-order valence-corrected chi connectivity index (χ2v) is 18.4. The summed E-state index contributed by atoms with van der Waals surface area (Å²) >= 11 is 0. The SMILES string of the molecule is CN(C)C1CC([Si](C)(C)NC(C)(C)C)C2C[C@@H]3C(CC21)C(C)(C)CCC3(C)C. The fraction of sp³-hybridized carbons (Fsp3) is 1.00. The van der Waals surface area contributed by atoms with Crippen molar-refractivity contribution in [3.8, 4) is 0 Å². The molecule has 2 nitrogen and oxygen atoms in total. The molecule has 6 atom stereocenters. The lowest BCUT2D eigenvalue weighted by Crippen LogP contribution is -2.58. The van der Waals surface area contributed by atoms with Gasteiger partial charge in [-0.15, -0.1) is 0 Å². The van der Waals surface area contributed by atoms with Crippen LogP contribution in [0.1, 0.15) is 80.6 Å². The van der Waals surface area contributed by atoms with Gasteiger partial charge in [0, 0.05) is 11.6 Å². The molecule has 0 heterocycles. The Hall–Kier alpha value is 0.137. The molecule has 164 valence electrons. The van der Waals surface area contributed by atoms with Crippen LogP contribution < -0.4 is 4.98 Å². The quantitative estimate of drug-likeness (QED) is 0.546. The van der Waals surface area contributed by atoms with E-state index in [1.54, 1.807) is 0 Å². The van der Waals surface area contributed by atoms with Gasteiger partial charge in [-0.05, 0) is 107 Å². The Kier molecular flexibility index (Phi) is 5.78. The zero-order chi connectivity index (χ0) is 21.3. The van der Waals surface area contributed by atoms with Crippen molar-refractivity contribution in [2.24, 2.45) is 34.5 Å².